The second-order valence-electron chi connectivity index (χ2n) is 9.76. The van der Waals surface area contributed by atoms with Crippen molar-refractivity contribution in [2.75, 3.05) is 6.54 Å². The van der Waals surface area contributed by atoms with E-state index in [1.54, 1.807) is 4.90 Å². The first-order chi connectivity index (χ1) is 16.9. The third kappa shape index (κ3) is 5.37. The maximum atomic E-state index is 12.9. The van der Waals surface area contributed by atoms with Gasteiger partial charge in [0.1, 0.15) is 31.0 Å². The molecule has 1 amide bonds. The van der Waals surface area contributed by atoms with Crippen LogP contribution in [0.2, 0.25) is 0 Å². The molecule has 3 aliphatic heterocycles. The van der Waals surface area contributed by atoms with Gasteiger partial charge < -0.3 is 33.7 Å². The highest BCUT2D eigenvalue weighted by atomic mass is 16.8. The zero-order chi connectivity index (χ0) is 24.4. The van der Waals surface area contributed by atoms with Crippen molar-refractivity contribution in [3.05, 3.63) is 71.8 Å². The van der Waals surface area contributed by atoms with Crippen molar-refractivity contribution < 1.29 is 33.6 Å². The number of rotatable bonds is 7. The lowest BCUT2D eigenvalue weighted by Crippen LogP contribution is -2.52. The van der Waals surface area contributed by atoms with E-state index < -0.39 is 48.6 Å². The van der Waals surface area contributed by atoms with Crippen molar-refractivity contribution >= 4 is 6.09 Å². The van der Waals surface area contributed by atoms with E-state index in [0.717, 1.165) is 17.5 Å². The summed E-state index contributed by atoms with van der Waals surface area (Å²) in [6, 6.07) is 18.9. The zero-order valence-corrected chi connectivity index (χ0v) is 20.1. The van der Waals surface area contributed by atoms with E-state index in [2.05, 4.69) is 0 Å². The molecule has 3 aliphatic rings. The smallest absolute Gasteiger partial charge is 0.410 e. The molecule has 2 aromatic carbocycles. The van der Waals surface area contributed by atoms with Crippen LogP contribution in [0, 0.1) is 0 Å². The summed E-state index contributed by atoms with van der Waals surface area (Å²) in [6.07, 6.45) is -2.39. The Morgan fingerprint density at radius 1 is 1.06 bits per heavy atom. The fourth-order valence-electron chi connectivity index (χ4n) is 5.13. The van der Waals surface area contributed by atoms with Crippen molar-refractivity contribution in [1.29, 1.82) is 0 Å². The quantitative estimate of drug-likeness (QED) is 0.644. The van der Waals surface area contributed by atoms with Crippen LogP contribution in [0.3, 0.4) is 0 Å². The van der Waals surface area contributed by atoms with Gasteiger partial charge in [-0.25, -0.2) is 4.79 Å². The number of ether oxygens (including phenoxy) is 5. The van der Waals surface area contributed by atoms with Crippen molar-refractivity contribution in [2.24, 2.45) is 0 Å². The molecular formula is C27H33NO7. The molecule has 0 aromatic heterocycles. The average molecular weight is 484 g/mol. The first-order valence-electron chi connectivity index (χ1n) is 12.2. The molecule has 0 saturated carbocycles. The van der Waals surface area contributed by atoms with Crippen LogP contribution in [0.5, 0.6) is 0 Å². The molecule has 2 aromatic rings. The van der Waals surface area contributed by atoms with Gasteiger partial charge in [-0.15, -0.1) is 0 Å². The van der Waals surface area contributed by atoms with Crippen molar-refractivity contribution in [3.63, 3.8) is 0 Å². The summed E-state index contributed by atoms with van der Waals surface area (Å²) in [5, 5.41) is 11.4. The Hall–Kier alpha value is -2.49. The second kappa shape index (κ2) is 10.2. The molecule has 5 rings (SSSR count). The Balaban J connectivity index is 1.27. The SMILES string of the molecule is CC1(C)O[C@H]2O[C@H]([C@@H](O)[C@@H]3CCCN3C(=O)OCc3ccccc3)[C@H](OCc3ccccc3)[C@H]2O1. The topological polar surface area (TPSA) is 86.7 Å². The molecular weight excluding hydrogens is 450 g/mol. The fourth-order valence-corrected chi connectivity index (χ4v) is 5.13. The highest BCUT2D eigenvalue weighted by molar-refractivity contribution is 5.68. The van der Waals surface area contributed by atoms with Crippen LogP contribution in [-0.2, 0) is 36.9 Å². The minimum Gasteiger partial charge on any atom is -0.445 e. The molecule has 6 atom stereocenters. The first-order valence-corrected chi connectivity index (χ1v) is 12.2. The molecule has 0 aliphatic carbocycles. The number of nitrogens with zero attached hydrogens (tertiary/aromatic N) is 1. The number of hydrogen-bond donors (Lipinski definition) is 1. The second-order valence-corrected chi connectivity index (χ2v) is 9.76. The third-order valence-electron chi connectivity index (χ3n) is 6.78. The first kappa shape index (κ1) is 24.2. The molecule has 8 nitrogen and oxygen atoms in total. The molecule has 0 radical (unpaired) electrons. The summed E-state index contributed by atoms with van der Waals surface area (Å²) in [7, 11) is 0. The zero-order valence-electron chi connectivity index (χ0n) is 20.1. The van der Waals surface area contributed by atoms with E-state index >= 15 is 0 Å². The van der Waals surface area contributed by atoms with Gasteiger partial charge in [-0.3, -0.25) is 0 Å². The van der Waals surface area contributed by atoms with E-state index in [9.17, 15) is 9.90 Å². The summed E-state index contributed by atoms with van der Waals surface area (Å²) in [5.41, 5.74) is 1.92. The lowest BCUT2D eigenvalue weighted by atomic mass is 9.98. The third-order valence-corrected chi connectivity index (χ3v) is 6.78. The summed E-state index contributed by atoms with van der Waals surface area (Å²) < 4.78 is 30.0. The fraction of sp³-hybridized carbons (Fsp3) is 0.519. The highest BCUT2D eigenvalue weighted by Crippen LogP contribution is 2.41. The van der Waals surface area contributed by atoms with Gasteiger partial charge >= 0.3 is 6.09 Å². The van der Waals surface area contributed by atoms with Gasteiger partial charge in [-0.1, -0.05) is 60.7 Å². The lowest BCUT2D eigenvalue weighted by molar-refractivity contribution is -0.233. The normalized spacial score (nSPS) is 30.3. The molecule has 3 heterocycles. The molecule has 3 fully saturated rings. The van der Waals surface area contributed by atoms with Gasteiger partial charge in [0, 0.05) is 6.54 Å². The summed E-state index contributed by atoms with van der Waals surface area (Å²) in [6.45, 7) is 4.71. The number of carbonyl (C=O) groups excluding carboxylic acids is 1. The minimum atomic E-state index is -0.983. The molecule has 3 saturated heterocycles. The predicted molar refractivity (Wildman–Crippen MR) is 126 cm³/mol. The van der Waals surface area contributed by atoms with Crippen LogP contribution < -0.4 is 0 Å². The largest absolute Gasteiger partial charge is 0.445 e. The Labute approximate surface area is 205 Å². The van der Waals surface area contributed by atoms with Crippen LogP contribution >= 0.6 is 0 Å². The Morgan fingerprint density at radius 2 is 1.71 bits per heavy atom. The van der Waals surface area contributed by atoms with Crippen LogP contribution in [0.25, 0.3) is 0 Å². The van der Waals surface area contributed by atoms with Gasteiger partial charge in [-0.2, -0.15) is 0 Å². The highest BCUT2D eigenvalue weighted by Gasteiger charge is 2.58. The van der Waals surface area contributed by atoms with Crippen LogP contribution in [0.4, 0.5) is 4.79 Å². The van der Waals surface area contributed by atoms with Crippen molar-refractivity contribution in [2.45, 2.75) is 82.4 Å². The van der Waals surface area contributed by atoms with Gasteiger partial charge in [0.05, 0.1) is 12.6 Å². The number of hydrogen-bond acceptors (Lipinski definition) is 7. The monoisotopic (exact) mass is 483 g/mol. The van der Waals surface area contributed by atoms with E-state index in [4.69, 9.17) is 23.7 Å². The number of carbonyl (C=O) groups is 1. The van der Waals surface area contributed by atoms with Gasteiger partial charge in [0.2, 0.25) is 0 Å². The molecule has 0 unspecified atom stereocenters. The molecule has 8 heteroatoms. The summed E-state index contributed by atoms with van der Waals surface area (Å²) in [5.74, 6) is -0.805. The Morgan fingerprint density at radius 3 is 2.40 bits per heavy atom. The standard InChI is InChI=1S/C27H33NO7/c1-27(2)34-24-23(31-16-18-10-5-3-6-11-18)22(33-25(24)35-27)21(29)20-14-9-15-28(20)26(30)32-17-19-12-7-4-8-13-19/h3-8,10-13,20-25,29H,9,14-17H2,1-2H3/t20-,21-,22+,23-,24+,25+/m0/s1. The minimum absolute atomic E-state index is 0.183. The van der Waals surface area contributed by atoms with E-state index in [-0.39, 0.29) is 6.61 Å². The number of likely N-dealkylation sites (tertiary alicyclic amines) is 1. The molecule has 1 N–H and O–H groups in total. The number of amides is 1. The van der Waals surface area contributed by atoms with Gasteiger partial charge in [0.15, 0.2) is 12.1 Å². The number of aliphatic hydroxyl groups is 1. The van der Waals surface area contributed by atoms with Gasteiger partial charge in [0.25, 0.3) is 0 Å². The van der Waals surface area contributed by atoms with E-state index in [1.165, 1.54) is 0 Å². The Kier molecular flexibility index (Phi) is 7.09. The summed E-state index contributed by atoms with van der Waals surface area (Å²) in [4.78, 5) is 14.5. The average Bonchev–Trinajstić information content (AvgIpc) is 3.55. The van der Waals surface area contributed by atoms with Gasteiger partial charge in [-0.05, 0) is 37.8 Å². The molecule has 188 valence electrons. The van der Waals surface area contributed by atoms with E-state index in [1.807, 2.05) is 74.5 Å². The number of aliphatic hydroxyl groups excluding tert-OH is 1. The predicted octanol–water partition coefficient (Wildman–Crippen LogP) is 3.61. The lowest BCUT2D eigenvalue weighted by Gasteiger charge is -2.34. The number of fused-ring (bicyclic) bond motifs is 1. The molecule has 0 spiro atoms. The molecule has 0 bridgehead atoms. The number of benzene rings is 2. The Bertz CT molecular complexity index is 986. The van der Waals surface area contributed by atoms with Crippen molar-refractivity contribution in [3.8, 4) is 0 Å². The van der Waals surface area contributed by atoms with Crippen LogP contribution in [0.15, 0.2) is 60.7 Å². The van der Waals surface area contributed by atoms with Crippen LogP contribution in [0.1, 0.15) is 37.8 Å². The maximum Gasteiger partial charge on any atom is 0.410 e. The van der Waals surface area contributed by atoms with Crippen LogP contribution in [-0.4, -0.2) is 65.2 Å². The maximum absolute atomic E-state index is 12.9. The summed E-state index contributed by atoms with van der Waals surface area (Å²) >= 11 is 0. The van der Waals surface area contributed by atoms with E-state index in [0.29, 0.717) is 19.6 Å². The molecule has 35 heavy (non-hydrogen) atoms. The van der Waals surface area contributed by atoms with Crippen molar-refractivity contribution in [1.82, 2.24) is 4.90 Å².